The van der Waals surface area contributed by atoms with Crippen LogP contribution >= 0.6 is 0 Å². The number of benzene rings is 3. The number of oxazole rings is 1. The molecule has 0 aliphatic rings. The average Bonchev–Trinajstić information content (AvgIpc) is 3.61. The summed E-state index contributed by atoms with van der Waals surface area (Å²) in [5.41, 5.74) is 2.06. The maximum Gasteiger partial charge on any atom is 0.335 e. The zero-order valence-corrected chi connectivity index (χ0v) is 22.6. The molecule has 0 amide bonds. The zero-order valence-electron chi connectivity index (χ0n) is 22.6. The van der Waals surface area contributed by atoms with Crippen molar-refractivity contribution in [2.75, 3.05) is 0 Å². The Labute approximate surface area is 242 Å². The largest absolute Gasteiger partial charge is 0.478 e. The summed E-state index contributed by atoms with van der Waals surface area (Å²) in [6, 6.07) is 13.0. The SMILES string of the molecule is Cc1ccc(COc2nccc(-c3ccc(Cc4nc5c(F)cc(C(=O)O)cc5n4Cc4ncco4)cc3F)n2)c(F)c1. The summed E-state index contributed by atoms with van der Waals surface area (Å²) < 4.78 is 56.9. The maximum absolute atomic E-state index is 15.4. The van der Waals surface area contributed by atoms with Crippen LogP contribution in [0.2, 0.25) is 0 Å². The van der Waals surface area contributed by atoms with E-state index < -0.39 is 23.4 Å². The van der Waals surface area contributed by atoms with Gasteiger partial charge in [-0.25, -0.2) is 32.9 Å². The van der Waals surface area contributed by atoms with Gasteiger partial charge in [0.1, 0.15) is 42.4 Å². The zero-order chi connectivity index (χ0) is 30.1. The van der Waals surface area contributed by atoms with E-state index >= 15 is 4.39 Å². The van der Waals surface area contributed by atoms with Crippen molar-refractivity contribution in [1.82, 2.24) is 24.5 Å². The topological polar surface area (TPSA) is 116 Å². The summed E-state index contributed by atoms with van der Waals surface area (Å²) >= 11 is 0. The highest BCUT2D eigenvalue weighted by Crippen LogP contribution is 2.27. The van der Waals surface area contributed by atoms with Crippen LogP contribution in [0.25, 0.3) is 22.3 Å². The summed E-state index contributed by atoms with van der Waals surface area (Å²) in [6.07, 6.45) is 4.35. The minimum atomic E-state index is -1.29. The van der Waals surface area contributed by atoms with Gasteiger partial charge in [0.05, 0.1) is 23.0 Å². The molecule has 0 aliphatic carbocycles. The number of ether oxygens (including phenoxy) is 1. The lowest BCUT2D eigenvalue weighted by molar-refractivity contribution is 0.0696. The molecule has 0 radical (unpaired) electrons. The molecule has 216 valence electrons. The third-order valence-electron chi connectivity index (χ3n) is 6.78. The minimum absolute atomic E-state index is 0.0253. The van der Waals surface area contributed by atoms with Gasteiger partial charge in [-0.05, 0) is 54.4 Å². The number of fused-ring (bicyclic) bond motifs is 1. The Morgan fingerprint density at radius 2 is 1.81 bits per heavy atom. The van der Waals surface area contributed by atoms with Crippen LogP contribution < -0.4 is 4.74 Å². The van der Waals surface area contributed by atoms with Crippen LogP contribution in [0.1, 0.15) is 38.8 Å². The molecule has 0 bridgehead atoms. The van der Waals surface area contributed by atoms with Crippen molar-refractivity contribution in [3.63, 3.8) is 0 Å². The molecule has 0 atom stereocenters. The Morgan fingerprint density at radius 1 is 0.953 bits per heavy atom. The molecule has 3 heterocycles. The highest BCUT2D eigenvalue weighted by molar-refractivity contribution is 5.92. The summed E-state index contributed by atoms with van der Waals surface area (Å²) in [5, 5.41) is 9.43. The number of hydrogen-bond donors (Lipinski definition) is 1. The van der Waals surface area contributed by atoms with Crippen molar-refractivity contribution >= 4 is 17.0 Å². The smallest absolute Gasteiger partial charge is 0.335 e. The molecule has 12 heteroatoms. The summed E-state index contributed by atoms with van der Waals surface area (Å²) in [5.74, 6) is -2.42. The highest BCUT2D eigenvalue weighted by Gasteiger charge is 2.20. The van der Waals surface area contributed by atoms with Crippen molar-refractivity contribution in [3.05, 3.63) is 125 Å². The van der Waals surface area contributed by atoms with Gasteiger partial charge in [-0.2, -0.15) is 4.98 Å². The first-order chi connectivity index (χ1) is 20.7. The minimum Gasteiger partial charge on any atom is -0.478 e. The number of carboxylic acids is 1. The maximum atomic E-state index is 15.4. The highest BCUT2D eigenvalue weighted by atomic mass is 19.1. The molecule has 0 spiro atoms. The lowest BCUT2D eigenvalue weighted by atomic mass is 10.1. The standard InChI is InChI=1S/C31H22F3N5O4/c1-17-2-4-19(22(32)10-17)16-43-31-36-7-6-25(37-31)21-5-3-18(11-23(21)33)12-27-38-29-24(34)13-20(30(40)41)14-26(29)39(27)15-28-35-8-9-42-28/h2-11,13-14H,12,15-16H2,1H3,(H,40,41). The Hall–Kier alpha value is -5.52. The molecule has 0 aliphatic heterocycles. The first-order valence-electron chi connectivity index (χ1n) is 13.0. The van der Waals surface area contributed by atoms with E-state index in [4.69, 9.17) is 9.15 Å². The Bertz CT molecular complexity index is 1970. The third-order valence-corrected chi connectivity index (χ3v) is 6.78. The molecule has 1 N–H and O–H groups in total. The van der Waals surface area contributed by atoms with Gasteiger partial charge in [-0.1, -0.05) is 18.2 Å². The average molecular weight is 586 g/mol. The number of rotatable bonds is 9. The number of aryl methyl sites for hydroxylation is 1. The second kappa shape index (κ2) is 11.4. The fourth-order valence-corrected chi connectivity index (χ4v) is 4.66. The molecule has 6 rings (SSSR count). The van der Waals surface area contributed by atoms with Crippen LogP contribution in [0.5, 0.6) is 6.01 Å². The molecule has 43 heavy (non-hydrogen) atoms. The van der Waals surface area contributed by atoms with Gasteiger partial charge in [0.25, 0.3) is 0 Å². The van der Waals surface area contributed by atoms with Gasteiger partial charge >= 0.3 is 12.0 Å². The normalized spacial score (nSPS) is 11.3. The number of halogens is 3. The molecule has 0 saturated carbocycles. The number of carboxylic acid groups (broad SMARTS) is 1. The molecule has 0 saturated heterocycles. The van der Waals surface area contributed by atoms with Crippen molar-refractivity contribution < 1.29 is 32.2 Å². The number of aromatic nitrogens is 5. The van der Waals surface area contributed by atoms with E-state index in [1.807, 2.05) is 0 Å². The van der Waals surface area contributed by atoms with Crippen LogP contribution in [0.3, 0.4) is 0 Å². The number of carbonyl (C=O) groups is 1. The second-order valence-corrected chi connectivity index (χ2v) is 9.77. The monoisotopic (exact) mass is 585 g/mol. The van der Waals surface area contributed by atoms with Gasteiger partial charge in [0.15, 0.2) is 5.82 Å². The molecular weight excluding hydrogens is 563 g/mol. The van der Waals surface area contributed by atoms with Crippen LogP contribution in [-0.2, 0) is 19.6 Å². The second-order valence-electron chi connectivity index (χ2n) is 9.77. The fourth-order valence-electron chi connectivity index (χ4n) is 4.66. The summed E-state index contributed by atoms with van der Waals surface area (Å²) in [7, 11) is 0. The van der Waals surface area contributed by atoms with Crippen LogP contribution in [-0.4, -0.2) is 35.6 Å². The third kappa shape index (κ3) is 5.80. The first kappa shape index (κ1) is 27.6. The number of hydrogen-bond acceptors (Lipinski definition) is 7. The van der Waals surface area contributed by atoms with E-state index in [1.54, 1.807) is 35.8 Å². The van der Waals surface area contributed by atoms with Gasteiger partial charge in [0, 0.05) is 23.7 Å². The van der Waals surface area contributed by atoms with Crippen molar-refractivity contribution in [3.8, 4) is 17.3 Å². The fraction of sp³-hybridized carbons (Fsp3) is 0.129. The van der Waals surface area contributed by atoms with Gasteiger partial charge in [0.2, 0.25) is 5.89 Å². The van der Waals surface area contributed by atoms with Crippen molar-refractivity contribution in [2.24, 2.45) is 0 Å². The molecule has 3 aromatic carbocycles. The van der Waals surface area contributed by atoms with E-state index in [1.165, 1.54) is 42.9 Å². The number of aromatic carboxylic acids is 1. The lowest BCUT2D eigenvalue weighted by Gasteiger charge is -2.10. The molecule has 3 aromatic heterocycles. The molecular formula is C31H22F3N5O4. The summed E-state index contributed by atoms with van der Waals surface area (Å²) in [6.45, 7) is 1.74. The van der Waals surface area contributed by atoms with Gasteiger partial charge < -0.3 is 18.8 Å². The van der Waals surface area contributed by atoms with E-state index in [9.17, 15) is 18.7 Å². The van der Waals surface area contributed by atoms with Crippen LogP contribution in [0.15, 0.2) is 77.7 Å². The Kier molecular flexibility index (Phi) is 7.33. The number of nitrogens with zero attached hydrogens (tertiary/aromatic N) is 5. The Balaban J connectivity index is 1.27. The molecule has 9 nitrogen and oxygen atoms in total. The quantitative estimate of drug-likeness (QED) is 0.216. The lowest BCUT2D eigenvalue weighted by Crippen LogP contribution is -2.07. The molecule has 6 aromatic rings. The molecule has 0 unspecified atom stereocenters. The predicted molar refractivity (Wildman–Crippen MR) is 148 cm³/mol. The van der Waals surface area contributed by atoms with E-state index in [0.717, 1.165) is 11.6 Å². The number of imidazole rings is 1. The summed E-state index contributed by atoms with van der Waals surface area (Å²) in [4.78, 5) is 28.4. The first-order valence-corrected chi connectivity index (χ1v) is 13.0. The van der Waals surface area contributed by atoms with Gasteiger partial charge in [-0.3, -0.25) is 0 Å². The van der Waals surface area contributed by atoms with Crippen LogP contribution in [0.4, 0.5) is 13.2 Å². The van der Waals surface area contributed by atoms with Crippen molar-refractivity contribution in [1.29, 1.82) is 0 Å². The van der Waals surface area contributed by atoms with E-state index in [0.29, 0.717) is 22.8 Å². The van der Waals surface area contributed by atoms with Crippen molar-refractivity contribution in [2.45, 2.75) is 26.5 Å². The predicted octanol–water partition coefficient (Wildman–Crippen LogP) is 6.12. The van der Waals surface area contributed by atoms with Gasteiger partial charge in [-0.15, -0.1) is 0 Å². The van der Waals surface area contributed by atoms with E-state index in [2.05, 4.69) is 19.9 Å². The Morgan fingerprint density at radius 3 is 2.56 bits per heavy atom. The molecule has 0 fully saturated rings. The van der Waals surface area contributed by atoms with Crippen LogP contribution in [0, 0.1) is 24.4 Å². The van der Waals surface area contributed by atoms with E-state index in [-0.39, 0.29) is 53.4 Å².